The summed E-state index contributed by atoms with van der Waals surface area (Å²) in [6, 6.07) is 13.1. The molecule has 1 unspecified atom stereocenters. The van der Waals surface area contributed by atoms with Crippen molar-refractivity contribution in [2.24, 2.45) is 5.73 Å². The van der Waals surface area contributed by atoms with E-state index < -0.39 is 17.9 Å². The van der Waals surface area contributed by atoms with Gasteiger partial charge in [0.2, 0.25) is 5.88 Å². The molecule has 1 aliphatic heterocycles. The van der Waals surface area contributed by atoms with Gasteiger partial charge in [-0.2, -0.15) is 0 Å². The molecule has 1 atom stereocenters. The monoisotopic (exact) mass is 411 g/mol. The first-order chi connectivity index (χ1) is 14.5. The Bertz CT molecular complexity index is 981. The van der Waals surface area contributed by atoms with Gasteiger partial charge in [-0.3, -0.25) is 4.79 Å². The molecule has 0 fully saturated rings. The Labute approximate surface area is 175 Å². The van der Waals surface area contributed by atoms with E-state index in [1.807, 2.05) is 36.4 Å². The Balaban J connectivity index is 2.10. The summed E-state index contributed by atoms with van der Waals surface area (Å²) < 4.78 is 21.5. The highest BCUT2D eigenvalue weighted by Gasteiger charge is 2.36. The largest absolute Gasteiger partial charge is 0.496 e. The number of ether oxygens (including phenoxy) is 4. The van der Waals surface area contributed by atoms with Crippen molar-refractivity contribution in [2.45, 2.75) is 26.2 Å². The number of nitrogens with two attached hydrogens (primary N) is 1. The molecule has 7 nitrogen and oxygen atoms in total. The molecule has 2 N–H and O–H groups in total. The SMILES string of the molecule is CCOC(=O)CC1C(C(=O)OCC)=C(N)Oc2ccc(-c3ccccc3OC)cc21. The van der Waals surface area contributed by atoms with Crippen LogP contribution in [0, 0.1) is 0 Å². The molecule has 0 aromatic heterocycles. The highest BCUT2D eigenvalue weighted by Crippen LogP contribution is 2.43. The van der Waals surface area contributed by atoms with Crippen LogP contribution in [0.25, 0.3) is 11.1 Å². The van der Waals surface area contributed by atoms with E-state index >= 15 is 0 Å². The van der Waals surface area contributed by atoms with Crippen LogP contribution in [0.2, 0.25) is 0 Å². The molecule has 0 radical (unpaired) electrons. The number of esters is 2. The van der Waals surface area contributed by atoms with Crippen molar-refractivity contribution in [1.29, 1.82) is 0 Å². The number of methoxy groups -OCH3 is 1. The molecule has 30 heavy (non-hydrogen) atoms. The molecule has 2 aromatic rings. The van der Waals surface area contributed by atoms with E-state index in [0.29, 0.717) is 17.1 Å². The molecular formula is C23H25NO6. The highest BCUT2D eigenvalue weighted by atomic mass is 16.5. The molecule has 2 aromatic carbocycles. The molecule has 3 rings (SSSR count). The first kappa shape index (κ1) is 21.2. The van der Waals surface area contributed by atoms with Gasteiger partial charge >= 0.3 is 11.9 Å². The Morgan fingerprint density at radius 1 is 1.07 bits per heavy atom. The van der Waals surface area contributed by atoms with Gasteiger partial charge in [-0.15, -0.1) is 0 Å². The lowest BCUT2D eigenvalue weighted by Gasteiger charge is -2.28. The Morgan fingerprint density at radius 2 is 1.80 bits per heavy atom. The third-order valence-corrected chi connectivity index (χ3v) is 4.81. The fourth-order valence-corrected chi connectivity index (χ4v) is 3.52. The van der Waals surface area contributed by atoms with E-state index in [2.05, 4.69) is 0 Å². The number of fused-ring (bicyclic) bond motifs is 1. The van der Waals surface area contributed by atoms with Gasteiger partial charge in [0.15, 0.2) is 0 Å². The molecule has 0 aliphatic carbocycles. The molecule has 0 amide bonds. The van der Waals surface area contributed by atoms with E-state index in [4.69, 9.17) is 24.7 Å². The fourth-order valence-electron chi connectivity index (χ4n) is 3.52. The van der Waals surface area contributed by atoms with Gasteiger partial charge in [-0.05, 0) is 37.6 Å². The van der Waals surface area contributed by atoms with Crippen LogP contribution < -0.4 is 15.2 Å². The van der Waals surface area contributed by atoms with Crippen LogP contribution in [-0.4, -0.2) is 32.3 Å². The predicted molar refractivity (Wildman–Crippen MR) is 111 cm³/mol. The van der Waals surface area contributed by atoms with Crippen molar-refractivity contribution in [3.63, 3.8) is 0 Å². The molecule has 7 heteroatoms. The second-order valence-electron chi connectivity index (χ2n) is 6.62. The Kier molecular flexibility index (Phi) is 6.61. The maximum atomic E-state index is 12.6. The van der Waals surface area contributed by atoms with Gasteiger partial charge in [0, 0.05) is 17.0 Å². The maximum absolute atomic E-state index is 12.6. The quantitative estimate of drug-likeness (QED) is 0.696. The van der Waals surface area contributed by atoms with E-state index in [9.17, 15) is 9.59 Å². The highest BCUT2D eigenvalue weighted by molar-refractivity contribution is 5.93. The van der Waals surface area contributed by atoms with Gasteiger partial charge in [0.25, 0.3) is 0 Å². The van der Waals surface area contributed by atoms with Crippen LogP contribution in [0.4, 0.5) is 0 Å². The molecule has 0 spiro atoms. The van der Waals surface area contributed by atoms with Crippen molar-refractivity contribution >= 4 is 11.9 Å². The van der Waals surface area contributed by atoms with Gasteiger partial charge in [0.05, 0.1) is 26.7 Å². The molecule has 0 saturated carbocycles. The first-order valence-corrected chi connectivity index (χ1v) is 9.77. The summed E-state index contributed by atoms with van der Waals surface area (Å²) in [5.41, 5.74) is 8.55. The van der Waals surface area contributed by atoms with Crippen molar-refractivity contribution in [3.8, 4) is 22.6 Å². The van der Waals surface area contributed by atoms with Crippen LogP contribution in [0.5, 0.6) is 11.5 Å². The number of hydrogen-bond donors (Lipinski definition) is 1. The van der Waals surface area contributed by atoms with E-state index in [0.717, 1.165) is 11.1 Å². The lowest BCUT2D eigenvalue weighted by atomic mass is 9.84. The van der Waals surface area contributed by atoms with E-state index in [-0.39, 0.29) is 31.1 Å². The number of carbonyl (C=O) groups excluding carboxylic acids is 2. The molecule has 1 aliphatic rings. The van der Waals surface area contributed by atoms with Gasteiger partial charge in [-0.1, -0.05) is 24.3 Å². The zero-order valence-corrected chi connectivity index (χ0v) is 17.3. The lowest BCUT2D eigenvalue weighted by Crippen LogP contribution is -2.28. The zero-order valence-electron chi connectivity index (χ0n) is 17.3. The summed E-state index contributed by atoms with van der Waals surface area (Å²) in [6.45, 7) is 3.85. The minimum Gasteiger partial charge on any atom is -0.496 e. The normalized spacial score (nSPS) is 15.1. The second-order valence-corrected chi connectivity index (χ2v) is 6.62. The average molecular weight is 411 g/mol. The summed E-state index contributed by atoms with van der Waals surface area (Å²) >= 11 is 0. The lowest BCUT2D eigenvalue weighted by molar-refractivity contribution is -0.143. The third-order valence-electron chi connectivity index (χ3n) is 4.81. The van der Waals surface area contributed by atoms with E-state index in [1.165, 1.54) is 0 Å². The zero-order chi connectivity index (χ0) is 21.7. The molecule has 158 valence electrons. The van der Waals surface area contributed by atoms with Crippen molar-refractivity contribution in [2.75, 3.05) is 20.3 Å². The number of rotatable bonds is 7. The topological polar surface area (TPSA) is 97.1 Å². The first-order valence-electron chi connectivity index (χ1n) is 9.77. The smallest absolute Gasteiger partial charge is 0.340 e. The number of hydrogen-bond acceptors (Lipinski definition) is 7. The fraction of sp³-hybridized carbons (Fsp3) is 0.304. The average Bonchev–Trinajstić information content (AvgIpc) is 2.73. The summed E-state index contributed by atoms with van der Waals surface area (Å²) in [4.78, 5) is 24.9. The number of para-hydroxylation sites is 1. The molecule has 0 saturated heterocycles. The van der Waals surface area contributed by atoms with Crippen LogP contribution in [0.15, 0.2) is 53.9 Å². The van der Waals surface area contributed by atoms with Crippen LogP contribution >= 0.6 is 0 Å². The summed E-state index contributed by atoms with van der Waals surface area (Å²) in [7, 11) is 1.60. The summed E-state index contributed by atoms with van der Waals surface area (Å²) in [5.74, 6) is -0.586. The van der Waals surface area contributed by atoms with Gasteiger partial charge in [0.1, 0.15) is 17.1 Å². The number of carbonyl (C=O) groups is 2. The molecular weight excluding hydrogens is 386 g/mol. The summed E-state index contributed by atoms with van der Waals surface area (Å²) in [5, 5.41) is 0. The molecule has 1 heterocycles. The third kappa shape index (κ3) is 4.25. The van der Waals surface area contributed by atoms with E-state index in [1.54, 1.807) is 27.0 Å². The van der Waals surface area contributed by atoms with Crippen molar-refractivity contribution < 1.29 is 28.5 Å². The summed E-state index contributed by atoms with van der Waals surface area (Å²) in [6.07, 6.45) is -0.0611. The predicted octanol–water partition coefficient (Wildman–Crippen LogP) is 3.52. The molecule has 0 bridgehead atoms. The van der Waals surface area contributed by atoms with Gasteiger partial charge in [-0.25, -0.2) is 4.79 Å². The number of benzene rings is 2. The van der Waals surface area contributed by atoms with Crippen molar-refractivity contribution in [3.05, 3.63) is 59.5 Å². The standard InChI is InChI=1S/C23H25NO6/c1-4-28-20(25)13-17-16-12-14(15-8-6-7-9-18(15)27-3)10-11-19(16)30-22(24)21(17)23(26)29-5-2/h6-12,17H,4-5,13,24H2,1-3H3. The van der Waals surface area contributed by atoms with Crippen LogP contribution in [0.3, 0.4) is 0 Å². The Morgan fingerprint density at radius 3 is 2.50 bits per heavy atom. The minimum absolute atomic E-state index is 0.0611. The minimum atomic E-state index is -0.651. The second kappa shape index (κ2) is 9.35. The van der Waals surface area contributed by atoms with Crippen molar-refractivity contribution in [1.82, 2.24) is 0 Å². The van der Waals surface area contributed by atoms with Crippen LogP contribution in [0.1, 0.15) is 31.7 Å². The van der Waals surface area contributed by atoms with Gasteiger partial charge < -0.3 is 24.7 Å². The van der Waals surface area contributed by atoms with Crippen LogP contribution in [-0.2, 0) is 19.1 Å². The Hall–Kier alpha value is -3.48. The maximum Gasteiger partial charge on any atom is 0.340 e.